The minimum atomic E-state index is -2.96. The van der Waals surface area contributed by atoms with Crippen molar-refractivity contribution in [3.05, 3.63) is 63.5 Å². The van der Waals surface area contributed by atoms with Crippen LogP contribution in [-0.2, 0) is 15.1 Å². The van der Waals surface area contributed by atoms with E-state index in [1.54, 1.807) is 18.5 Å². The van der Waals surface area contributed by atoms with Gasteiger partial charge in [-0.2, -0.15) is 0 Å². The minimum absolute atomic E-state index is 0.0770. The molecule has 1 aromatic heterocycles. The van der Waals surface area contributed by atoms with Crippen molar-refractivity contribution in [2.24, 2.45) is 4.99 Å². The maximum Gasteiger partial charge on any atom is 0.338 e. The quantitative estimate of drug-likeness (QED) is 0.619. The number of ether oxygens (including phenoxy) is 1. The number of carbonyl (C=O) groups excluding carboxylic acids is 1. The van der Waals surface area contributed by atoms with Crippen LogP contribution in [0.5, 0.6) is 0 Å². The van der Waals surface area contributed by atoms with Crippen molar-refractivity contribution in [1.29, 1.82) is 0 Å². The highest BCUT2D eigenvalue weighted by Crippen LogP contribution is 2.40. The average molecular weight is 481 g/mol. The number of nitrogens with one attached hydrogen (secondary N) is 1. The van der Waals surface area contributed by atoms with Crippen molar-refractivity contribution >= 4 is 23.1 Å². The monoisotopic (exact) mass is 480 g/mol. The van der Waals surface area contributed by atoms with Crippen LogP contribution >= 0.6 is 11.3 Å². The Kier molecular flexibility index (Phi) is 6.30. The molecule has 33 heavy (non-hydrogen) atoms. The predicted octanol–water partition coefficient (Wildman–Crippen LogP) is 2.68. The lowest BCUT2D eigenvalue weighted by atomic mass is 9.82. The second kappa shape index (κ2) is 8.88. The van der Waals surface area contributed by atoms with Crippen molar-refractivity contribution in [2.75, 3.05) is 26.8 Å². The van der Waals surface area contributed by atoms with Crippen LogP contribution < -0.4 is 5.32 Å². The number of hydrogen-bond acceptors (Lipinski definition) is 8. The fourth-order valence-corrected chi connectivity index (χ4v) is 4.89. The summed E-state index contributed by atoms with van der Waals surface area (Å²) in [5.74, 6) is -3.75. The number of nitrogens with zero attached hydrogens (tertiary/aromatic N) is 3. The van der Waals surface area contributed by atoms with Crippen molar-refractivity contribution in [1.82, 2.24) is 15.2 Å². The van der Waals surface area contributed by atoms with Gasteiger partial charge in [0, 0.05) is 36.3 Å². The maximum absolute atomic E-state index is 14.1. The molecule has 1 saturated heterocycles. The molecule has 1 aromatic carbocycles. The van der Waals surface area contributed by atoms with Gasteiger partial charge in [-0.05, 0) is 24.6 Å². The van der Waals surface area contributed by atoms with E-state index in [0.29, 0.717) is 22.1 Å². The zero-order chi connectivity index (χ0) is 23.8. The molecule has 0 radical (unpaired) electrons. The second-order valence-corrected chi connectivity index (χ2v) is 9.04. The molecule has 7 nitrogen and oxygen atoms in total. The van der Waals surface area contributed by atoms with Crippen LogP contribution in [0, 0.1) is 5.82 Å². The first-order valence-electron chi connectivity index (χ1n) is 10.2. The summed E-state index contributed by atoms with van der Waals surface area (Å²) >= 11 is 1.32. The number of methoxy groups -OCH3 is 1. The second-order valence-electron chi connectivity index (χ2n) is 8.15. The third kappa shape index (κ3) is 4.53. The lowest BCUT2D eigenvalue weighted by Crippen LogP contribution is -2.46. The van der Waals surface area contributed by atoms with E-state index in [2.05, 4.69) is 10.3 Å². The molecule has 4 rings (SSSR count). The predicted molar refractivity (Wildman–Crippen MR) is 117 cm³/mol. The number of aromatic nitrogens is 1. The normalized spacial score (nSPS) is 25.0. The standard InChI is InChI=1S/C22H23F3N4O3S/c1-21(13-3-5-14(23)6-4-13)17(20(31)32-2)16(27-18(28-21)19-26-7-8-33-19)10-29-12-22(24,25)9-15(29)11-30/h3-8,15,30H,9-12H2,1-2H3,(H,27,28). The Balaban J connectivity index is 1.85. The number of amidine groups is 1. The third-order valence-electron chi connectivity index (χ3n) is 5.88. The van der Waals surface area contributed by atoms with Gasteiger partial charge in [-0.15, -0.1) is 11.3 Å². The number of likely N-dealkylation sites (tertiary alicyclic amines) is 1. The molecule has 11 heteroatoms. The zero-order valence-electron chi connectivity index (χ0n) is 18.0. The van der Waals surface area contributed by atoms with E-state index in [1.807, 2.05) is 0 Å². The molecule has 1 fully saturated rings. The van der Waals surface area contributed by atoms with Gasteiger partial charge < -0.3 is 15.2 Å². The van der Waals surface area contributed by atoms with Crippen LogP contribution in [0.2, 0.25) is 0 Å². The summed E-state index contributed by atoms with van der Waals surface area (Å²) in [6.07, 6.45) is 1.12. The SMILES string of the molecule is COC(=O)C1=C(CN2CC(F)(F)CC2CO)NC(c2nccs2)=NC1(C)c1ccc(F)cc1. The van der Waals surface area contributed by atoms with Crippen molar-refractivity contribution in [3.63, 3.8) is 0 Å². The van der Waals surface area contributed by atoms with Gasteiger partial charge in [0.2, 0.25) is 0 Å². The maximum atomic E-state index is 14.1. The molecule has 2 aromatic rings. The van der Waals surface area contributed by atoms with E-state index in [9.17, 15) is 23.1 Å². The van der Waals surface area contributed by atoms with E-state index in [0.717, 1.165) is 0 Å². The van der Waals surface area contributed by atoms with Gasteiger partial charge in [0.25, 0.3) is 5.92 Å². The minimum Gasteiger partial charge on any atom is -0.466 e. The van der Waals surface area contributed by atoms with Crippen LogP contribution in [-0.4, -0.2) is 65.6 Å². The van der Waals surface area contributed by atoms with Gasteiger partial charge in [-0.25, -0.2) is 27.9 Å². The van der Waals surface area contributed by atoms with Crippen molar-refractivity contribution in [2.45, 2.75) is 30.8 Å². The molecule has 0 amide bonds. The highest BCUT2D eigenvalue weighted by Gasteiger charge is 2.47. The fraction of sp³-hybridized carbons (Fsp3) is 0.409. The smallest absolute Gasteiger partial charge is 0.338 e. The Morgan fingerprint density at radius 1 is 1.36 bits per heavy atom. The lowest BCUT2D eigenvalue weighted by molar-refractivity contribution is -0.137. The fourth-order valence-electron chi connectivity index (χ4n) is 4.31. The molecule has 0 spiro atoms. The molecular weight excluding hydrogens is 457 g/mol. The van der Waals surface area contributed by atoms with Gasteiger partial charge in [-0.1, -0.05) is 12.1 Å². The molecule has 0 bridgehead atoms. The van der Waals surface area contributed by atoms with E-state index >= 15 is 0 Å². The molecule has 2 aliphatic heterocycles. The molecule has 2 atom stereocenters. The Hall–Kier alpha value is -2.76. The van der Waals surface area contributed by atoms with Gasteiger partial charge in [-0.3, -0.25) is 4.90 Å². The van der Waals surface area contributed by atoms with Gasteiger partial charge in [0.15, 0.2) is 10.8 Å². The summed E-state index contributed by atoms with van der Waals surface area (Å²) in [5.41, 5.74) is -0.365. The molecule has 2 N–H and O–H groups in total. The summed E-state index contributed by atoms with van der Waals surface area (Å²) in [7, 11) is 1.22. The third-order valence-corrected chi connectivity index (χ3v) is 6.66. The van der Waals surface area contributed by atoms with Crippen LogP contribution in [0.4, 0.5) is 13.2 Å². The van der Waals surface area contributed by atoms with E-state index < -0.39 is 48.9 Å². The number of esters is 1. The highest BCUT2D eigenvalue weighted by atomic mass is 32.1. The molecule has 0 saturated carbocycles. The van der Waals surface area contributed by atoms with E-state index in [-0.39, 0.29) is 12.1 Å². The number of aliphatic imine (C=N–C) groups is 1. The van der Waals surface area contributed by atoms with Crippen LogP contribution in [0.3, 0.4) is 0 Å². The van der Waals surface area contributed by atoms with Crippen LogP contribution in [0.25, 0.3) is 0 Å². The lowest BCUT2D eigenvalue weighted by Gasteiger charge is -2.36. The number of alkyl halides is 2. The Bertz CT molecular complexity index is 1090. The number of halogens is 3. The van der Waals surface area contributed by atoms with E-state index in [1.165, 1.54) is 47.6 Å². The summed E-state index contributed by atoms with van der Waals surface area (Å²) in [6, 6.07) is 4.79. The van der Waals surface area contributed by atoms with Crippen molar-refractivity contribution in [3.8, 4) is 0 Å². The highest BCUT2D eigenvalue weighted by molar-refractivity contribution is 7.11. The summed E-state index contributed by atoms with van der Waals surface area (Å²) < 4.78 is 46.9. The molecule has 2 aliphatic rings. The summed E-state index contributed by atoms with van der Waals surface area (Å²) in [6.45, 7) is 0.601. The number of rotatable bonds is 6. The van der Waals surface area contributed by atoms with Gasteiger partial charge in [0.1, 0.15) is 11.4 Å². The number of aliphatic hydroxyl groups excluding tert-OH is 1. The number of carbonyl (C=O) groups is 1. The Morgan fingerprint density at radius 2 is 2.09 bits per heavy atom. The topological polar surface area (TPSA) is 87.0 Å². The first kappa shape index (κ1) is 23.4. The molecule has 176 valence electrons. The Labute approximate surface area is 192 Å². The number of hydrogen-bond donors (Lipinski definition) is 2. The molecule has 3 heterocycles. The zero-order valence-corrected chi connectivity index (χ0v) is 18.8. The van der Waals surface area contributed by atoms with E-state index in [4.69, 9.17) is 9.73 Å². The first-order chi connectivity index (χ1) is 15.7. The average Bonchev–Trinajstić information content (AvgIpc) is 3.41. The van der Waals surface area contributed by atoms with Crippen LogP contribution in [0.15, 0.2) is 52.1 Å². The van der Waals surface area contributed by atoms with Gasteiger partial charge in [0.05, 0.1) is 25.8 Å². The first-order valence-corrected chi connectivity index (χ1v) is 11.1. The van der Waals surface area contributed by atoms with Crippen molar-refractivity contribution < 1.29 is 27.8 Å². The van der Waals surface area contributed by atoms with Crippen LogP contribution in [0.1, 0.15) is 23.9 Å². The molecule has 0 aliphatic carbocycles. The summed E-state index contributed by atoms with van der Waals surface area (Å²) in [5, 5.41) is 15.0. The number of aliphatic hydroxyl groups is 1. The Morgan fingerprint density at radius 3 is 2.70 bits per heavy atom. The molecular formula is C22H23F3N4O3S. The number of thiazole rings is 1. The van der Waals surface area contributed by atoms with Gasteiger partial charge >= 0.3 is 5.97 Å². The largest absolute Gasteiger partial charge is 0.466 e. The molecule has 2 unspecified atom stereocenters. The summed E-state index contributed by atoms with van der Waals surface area (Å²) in [4.78, 5) is 23.4. The number of benzene rings is 1.